The van der Waals surface area contributed by atoms with Crippen molar-refractivity contribution in [3.8, 4) is 0 Å². The van der Waals surface area contributed by atoms with Crippen molar-refractivity contribution in [2.45, 2.75) is 179 Å². The molecule has 16 heteroatoms. The molecule has 0 spiro atoms. The smallest absolute Gasteiger partial charge is 0.306 e. The predicted octanol–water partition coefficient (Wildman–Crippen LogP) is 2.71. The molecule has 0 unspecified atom stereocenters. The quantitative estimate of drug-likeness (QED) is 0.165. The fourth-order valence-electron chi connectivity index (χ4n) is 8.61. The second-order valence-electron chi connectivity index (χ2n) is 17.6. The Bertz CT molecular complexity index is 1450. The molecule has 3 saturated heterocycles. The van der Waals surface area contributed by atoms with Crippen LogP contribution in [0.25, 0.3) is 0 Å². The monoisotopic (exact) mass is 825 g/mol. The molecule has 0 aromatic heterocycles. The van der Waals surface area contributed by atoms with E-state index in [4.69, 9.17) is 37.9 Å². The van der Waals surface area contributed by atoms with Gasteiger partial charge in [-0.3, -0.25) is 19.2 Å². The highest BCUT2D eigenvalue weighted by Gasteiger charge is 2.53. The number of rotatable bonds is 12. The molecule has 0 radical (unpaired) electrons. The van der Waals surface area contributed by atoms with Crippen molar-refractivity contribution >= 4 is 29.8 Å². The second kappa shape index (κ2) is 20.7. The van der Waals surface area contributed by atoms with E-state index in [0.29, 0.717) is 12.7 Å². The van der Waals surface area contributed by atoms with Crippen molar-refractivity contribution in [1.29, 1.82) is 0 Å². The lowest BCUT2D eigenvalue weighted by Crippen LogP contribution is -2.66. The van der Waals surface area contributed by atoms with Crippen LogP contribution in [0, 0.1) is 23.7 Å². The number of aldehydes is 1. The van der Waals surface area contributed by atoms with E-state index in [1.807, 2.05) is 13.8 Å². The van der Waals surface area contributed by atoms with Crippen LogP contribution < -0.4 is 0 Å². The lowest BCUT2D eigenvalue weighted by molar-refractivity contribution is -0.343. The number of aliphatic hydroxyl groups is 2. The SMILES string of the molecule is CO[C@H]1[C@@H](O[C@H]2O[C@@H](C)[C@H](O[C@H]3C[C@](C)(O)[C@@H](OC(=O)CC(C)C)[C@@H](C)O3)[C@H](N(C)C)[C@H]2O)[C@H](CC=O)C[C@H](C)C(=O)/C=C/[C@H]2O[C@@H]2C[C@@H](C)OC(=O)C[C@H]1C(C)=O. The summed E-state index contributed by atoms with van der Waals surface area (Å²) in [6.07, 6.45) is -6.22. The molecular formula is C42H67NO15. The number of Topliss-reactive ketones (excluding diaryl/α,β-unsaturated/α-hetero) is 1. The summed E-state index contributed by atoms with van der Waals surface area (Å²) >= 11 is 0. The molecular weight excluding hydrogens is 758 g/mol. The standard InChI is InChI=1S/C42H67NO15/c1-21(2)16-32(47)56-40-26(7)53-34(20-42(40,8)50)57-37-25(6)54-41(36(49)35(37)43(9)10)58-38-27(14-15-44)17-22(3)29(46)12-13-30-31(55-30)18-23(4)52-33(48)19-28(24(5)45)39(38)51-11/h12-13,15,21-23,25-28,30-31,34-41,49-50H,14,16-20H2,1-11H3/b13-12+/t22-,23+,25-,26+,27+,28-,30+,31+,34-,35+,36+,37-,38-,39+,40-,41+,42-/m0/s1. The van der Waals surface area contributed by atoms with Crippen LogP contribution in [0.5, 0.6) is 0 Å². The number of fused-ring (bicyclic) bond motifs is 1. The van der Waals surface area contributed by atoms with E-state index >= 15 is 0 Å². The van der Waals surface area contributed by atoms with Gasteiger partial charge in [0.25, 0.3) is 0 Å². The predicted molar refractivity (Wildman–Crippen MR) is 207 cm³/mol. The van der Waals surface area contributed by atoms with Gasteiger partial charge in [0.05, 0.1) is 48.9 Å². The minimum atomic E-state index is -1.50. The first-order chi connectivity index (χ1) is 27.2. The van der Waals surface area contributed by atoms with Crippen LogP contribution in [-0.4, -0.2) is 151 Å². The fourth-order valence-corrected chi connectivity index (χ4v) is 8.61. The Kier molecular flexibility index (Phi) is 17.2. The number of nitrogens with zero attached hydrogens (tertiary/aromatic N) is 1. The van der Waals surface area contributed by atoms with Crippen molar-refractivity contribution in [2.24, 2.45) is 23.7 Å². The number of ether oxygens (including phenoxy) is 8. The lowest BCUT2D eigenvalue weighted by atomic mass is 9.79. The number of aliphatic hydroxyl groups excluding tert-OH is 1. The number of cyclic esters (lactones) is 1. The topological polar surface area (TPSA) is 206 Å². The maximum atomic E-state index is 13.4. The molecule has 17 atom stereocenters. The summed E-state index contributed by atoms with van der Waals surface area (Å²) in [5, 5.41) is 23.5. The van der Waals surface area contributed by atoms with E-state index in [-0.39, 0.29) is 61.8 Å². The molecule has 3 fully saturated rings. The Hall–Kier alpha value is -2.67. The van der Waals surface area contributed by atoms with Crippen molar-refractivity contribution in [1.82, 2.24) is 4.90 Å². The Morgan fingerprint density at radius 2 is 1.71 bits per heavy atom. The van der Waals surface area contributed by atoms with Gasteiger partial charge in [0.15, 0.2) is 24.5 Å². The minimum Gasteiger partial charge on any atom is -0.463 e. The highest BCUT2D eigenvalue weighted by molar-refractivity contribution is 5.91. The molecule has 330 valence electrons. The number of allylic oxidation sites excluding steroid dienone is 1. The molecule has 4 aliphatic rings. The van der Waals surface area contributed by atoms with Gasteiger partial charge in [0, 0.05) is 38.7 Å². The lowest BCUT2D eigenvalue weighted by Gasteiger charge is -2.50. The number of methoxy groups -OCH3 is 1. The third-order valence-electron chi connectivity index (χ3n) is 11.7. The fraction of sp³-hybridized carbons (Fsp3) is 0.833. The third-order valence-corrected chi connectivity index (χ3v) is 11.7. The molecule has 4 heterocycles. The number of likely N-dealkylation sites (N-methyl/N-ethyl adjacent to an activating group) is 1. The molecule has 0 saturated carbocycles. The molecule has 58 heavy (non-hydrogen) atoms. The molecule has 0 aromatic rings. The van der Waals surface area contributed by atoms with Crippen LogP contribution in [0.4, 0.5) is 0 Å². The van der Waals surface area contributed by atoms with Gasteiger partial charge in [-0.2, -0.15) is 0 Å². The molecule has 4 aliphatic heterocycles. The number of ketones is 2. The van der Waals surface area contributed by atoms with Crippen LogP contribution in [0.3, 0.4) is 0 Å². The molecule has 2 N–H and O–H groups in total. The van der Waals surface area contributed by atoms with Crippen LogP contribution in [0.15, 0.2) is 12.2 Å². The van der Waals surface area contributed by atoms with Gasteiger partial charge >= 0.3 is 11.9 Å². The molecule has 0 aliphatic carbocycles. The van der Waals surface area contributed by atoms with Crippen LogP contribution in [-0.2, 0) is 61.9 Å². The summed E-state index contributed by atoms with van der Waals surface area (Å²) < 4.78 is 48.6. The van der Waals surface area contributed by atoms with Crippen LogP contribution >= 0.6 is 0 Å². The first-order valence-corrected chi connectivity index (χ1v) is 20.6. The zero-order valence-electron chi connectivity index (χ0n) is 35.9. The van der Waals surface area contributed by atoms with E-state index in [1.54, 1.807) is 59.7 Å². The molecule has 4 rings (SSSR count). The molecule has 0 aromatic carbocycles. The van der Waals surface area contributed by atoms with Gasteiger partial charge in [-0.05, 0) is 79.1 Å². The number of carbonyl (C=O) groups excluding carboxylic acids is 5. The zero-order valence-corrected chi connectivity index (χ0v) is 35.9. The summed E-state index contributed by atoms with van der Waals surface area (Å²) in [5.41, 5.74) is -1.50. The van der Waals surface area contributed by atoms with Crippen molar-refractivity contribution in [2.75, 3.05) is 21.2 Å². The van der Waals surface area contributed by atoms with Crippen LogP contribution in [0.2, 0.25) is 0 Å². The normalized spacial score (nSPS) is 42.3. The van der Waals surface area contributed by atoms with Gasteiger partial charge in [-0.1, -0.05) is 20.8 Å². The van der Waals surface area contributed by atoms with Crippen molar-refractivity contribution < 1.29 is 72.1 Å². The first-order valence-electron chi connectivity index (χ1n) is 20.6. The van der Waals surface area contributed by atoms with Crippen molar-refractivity contribution in [3.63, 3.8) is 0 Å². The summed E-state index contributed by atoms with van der Waals surface area (Å²) in [6, 6.07) is -0.782. The summed E-state index contributed by atoms with van der Waals surface area (Å²) in [6.45, 7) is 13.6. The number of carbonyl (C=O) groups is 5. The second-order valence-corrected chi connectivity index (χ2v) is 17.6. The van der Waals surface area contributed by atoms with Gasteiger partial charge < -0.3 is 57.8 Å². The van der Waals surface area contributed by atoms with Gasteiger partial charge in [0.2, 0.25) is 0 Å². The van der Waals surface area contributed by atoms with E-state index in [2.05, 4.69) is 0 Å². The summed E-state index contributed by atoms with van der Waals surface area (Å²) in [7, 11) is 4.86. The largest absolute Gasteiger partial charge is 0.463 e. The number of hydrogen-bond donors (Lipinski definition) is 2. The first kappa shape index (κ1) is 48.0. The summed E-state index contributed by atoms with van der Waals surface area (Å²) in [4.78, 5) is 66.5. The zero-order chi connectivity index (χ0) is 43.2. The molecule has 0 bridgehead atoms. The average molecular weight is 826 g/mol. The van der Waals surface area contributed by atoms with E-state index in [9.17, 15) is 34.2 Å². The number of esters is 2. The van der Waals surface area contributed by atoms with Gasteiger partial charge in [-0.15, -0.1) is 0 Å². The van der Waals surface area contributed by atoms with E-state index in [0.717, 1.165) is 0 Å². The highest BCUT2D eigenvalue weighted by Crippen LogP contribution is 2.38. The molecule has 16 nitrogen and oxygen atoms in total. The maximum absolute atomic E-state index is 13.4. The van der Waals surface area contributed by atoms with E-state index < -0.39 is 103 Å². The Morgan fingerprint density at radius 3 is 2.29 bits per heavy atom. The maximum Gasteiger partial charge on any atom is 0.306 e. The third kappa shape index (κ3) is 12.4. The highest BCUT2D eigenvalue weighted by atomic mass is 16.7. The Balaban J connectivity index is 1.62. The number of hydrogen-bond acceptors (Lipinski definition) is 16. The van der Waals surface area contributed by atoms with Gasteiger partial charge in [0.1, 0.15) is 42.1 Å². The number of epoxide rings is 1. The minimum absolute atomic E-state index is 0.0463. The average Bonchev–Trinajstić information content (AvgIpc) is 3.85. The molecule has 0 amide bonds. The van der Waals surface area contributed by atoms with Gasteiger partial charge in [-0.25, -0.2) is 0 Å². The van der Waals surface area contributed by atoms with E-state index in [1.165, 1.54) is 20.1 Å². The van der Waals surface area contributed by atoms with Crippen LogP contribution in [0.1, 0.15) is 93.9 Å². The van der Waals surface area contributed by atoms with Crippen molar-refractivity contribution in [3.05, 3.63) is 12.2 Å². The Morgan fingerprint density at radius 1 is 1.02 bits per heavy atom. The summed E-state index contributed by atoms with van der Waals surface area (Å²) in [5.74, 6) is -3.99. The Labute approximate surface area is 342 Å².